The van der Waals surface area contributed by atoms with E-state index in [1.807, 2.05) is 19.9 Å². The lowest BCUT2D eigenvalue weighted by atomic mass is 9.60. The number of sulfonamides is 1. The van der Waals surface area contributed by atoms with Gasteiger partial charge in [0.15, 0.2) is 0 Å². The average molecular weight is 602 g/mol. The van der Waals surface area contributed by atoms with Crippen LogP contribution in [0, 0.1) is 23.2 Å². The first-order valence-electron chi connectivity index (χ1n) is 15.5. The van der Waals surface area contributed by atoms with Crippen molar-refractivity contribution in [2.45, 2.75) is 114 Å². The number of benzene rings is 1. The second-order valence-corrected chi connectivity index (χ2v) is 15.5. The molecule has 0 bridgehead atoms. The van der Waals surface area contributed by atoms with Gasteiger partial charge in [-0.2, -0.15) is 0 Å². The van der Waals surface area contributed by atoms with Crippen LogP contribution in [0.2, 0.25) is 0 Å². The Morgan fingerprint density at radius 2 is 1.88 bits per heavy atom. The van der Waals surface area contributed by atoms with Gasteiger partial charge in [-0.05, 0) is 111 Å². The molecule has 3 fully saturated rings. The Kier molecular flexibility index (Phi) is 10.2. The number of nitrogens with one attached hydrogen (secondary N) is 1. The van der Waals surface area contributed by atoms with Crippen molar-refractivity contribution >= 4 is 10.0 Å². The molecule has 0 radical (unpaired) electrons. The van der Waals surface area contributed by atoms with Crippen LogP contribution in [0.4, 0.5) is 0 Å². The smallest absolute Gasteiger partial charge is 0.241 e. The number of hydrogen-bond donors (Lipinski definition) is 4. The van der Waals surface area contributed by atoms with E-state index in [2.05, 4.69) is 31.2 Å². The van der Waals surface area contributed by atoms with Gasteiger partial charge in [0.05, 0.1) is 35.9 Å². The zero-order valence-corrected chi connectivity index (χ0v) is 26.8. The predicted molar refractivity (Wildman–Crippen MR) is 167 cm³/mol. The maximum atomic E-state index is 13.0. The third-order valence-corrected chi connectivity index (χ3v) is 11.8. The highest BCUT2D eigenvalue weighted by atomic mass is 32.2. The number of ether oxygens (including phenoxy) is 1. The highest BCUT2D eigenvalue weighted by Crippen LogP contribution is 2.60. The van der Waals surface area contributed by atoms with Crippen molar-refractivity contribution in [2.75, 3.05) is 7.11 Å². The summed E-state index contributed by atoms with van der Waals surface area (Å²) in [5.41, 5.74) is 2.26. The van der Waals surface area contributed by atoms with Gasteiger partial charge in [0.1, 0.15) is 5.75 Å². The summed E-state index contributed by atoms with van der Waals surface area (Å²) in [6, 6.07) is 4.86. The summed E-state index contributed by atoms with van der Waals surface area (Å²) in [4.78, 5) is 0.0288. The molecule has 0 unspecified atom stereocenters. The number of fused-ring (bicyclic) bond motifs is 1. The number of rotatable bonds is 10. The summed E-state index contributed by atoms with van der Waals surface area (Å²) in [7, 11) is -2.47. The molecule has 0 aromatic heterocycles. The van der Waals surface area contributed by atoms with Crippen molar-refractivity contribution in [3.8, 4) is 5.75 Å². The number of aliphatic hydroxyl groups is 3. The van der Waals surface area contributed by atoms with E-state index < -0.39 is 33.9 Å². The van der Waals surface area contributed by atoms with E-state index in [1.165, 1.54) is 44.1 Å². The number of hydrogen-bond acceptors (Lipinski definition) is 6. The fourth-order valence-corrected chi connectivity index (χ4v) is 9.18. The van der Waals surface area contributed by atoms with Crippen molar-refractivity contribution in [3.63, 3.8) is 0 Å². The lowest BCUT2D eigenvalue weighted by Crippen LogP contribution is -2.54. The van der Waals surface area contributed by atoms with Crippen molar-refractivity contribution in [3.05, 3.63) is 59.7 Å². The molecule has 3 saturated carbocycles. The number of aliphatic hydroxyl groups excluding tert-OH is 2. The molecule has 0 amide bonds. The van der Waals surface area contributed by atoms with Crippen molar-refractivity contribution < 1.29 is 28.5 Å². The van der Waals surface area contributed by atoms with E-state index in [0.29, 0.717) is 29.1 Å². The predicted octanol–water partition coefficient (Wildman–Crippen LogP) is 5.67. The maximum Gasteiger partial charge on any atom is 0.241 e. The van der Waals surface area contributed by atoms with Crippen LogP contribution in [0.15, 0.2) is 64.6 Å². The van der Waals surface area contributed by atoms with Crippen LogP contribution < -0.4 is 9.46 Å². The highest BCUT2D eigenvalue weighted by molar-refractivity contribution is 7.89. The van der Waals surface area contributed by atoms with E-state index in [0.717, 1.165) is 37.7 Å². The third kappa shape index (κ3) is 7.21. The molecule has 0 heterocycles. The van der Waals surface area contributed by atoms with Gasteiger partial charge in [0.25, 0.3) is 0 Å². The van der Waals surface area contributed by atoms with Crippen LogP contribution >= 0.6 is 0 Å². The first kappa shape index (κ1) is 32.9. The SMILES string of the molecule is C=C1/C(=C\C=C2/CCC[C@]3(C)[C@@H]([C@H](C)CCCC(C)(C)O)CC[C@@H]23)C[C@@H](O)[C@H](NS(=O)(=O)c2ccc(OC)cc2)[C@@H]1O. The molecule has 42 heavy (non-hydrogen) atoms. The minimum Gasteiger partial charge on any atom is -0.497 e. The Morgan fingerprint density at radius 1 is 1.19 bits per heavy atom. The van der Waals surface area contributed by atoms with E-state index in [1.54, 1.807) is 12.1 Å². The molecule has 0 spiro atoms. The van der Waals surface area contributed by atoms with Crippen LogP contribution in [0.5, 0.6) is 5.75 Å². The zero-order chi connectivity index (χ0) is 30.9. The monoisotopic (exact) mass is 601 g/mol. The van der Waals surface area contributed by atoms with Crippen LogP contribution in [-0.2, 0) is 10.0 Å². The Hall–Kier alpha value is -1.97. The van der Waals surface area contributed by atoms with Gasteiger partial charge in [0, 0.05) is 6.42 Å². The van der Waals surface area contributed by atoms with E-state index >= 15 is 0 Å². The summed E-state index contributed by atoms with van der Waals surface area (Å²) >= 11 is 0. The number of methoxy groups -OCH3 is 1. The molecule has 4 rings (SSSR count). The molecule has 3 aliphatic carbocycles. The standard InChI is InChI=1S/C34H51NO6S/c1-22(9-7-19-33(3,4)38)28-17-18-29-24(10-8-20-34(28,29)5)11-12-25-21-30(36)31(32(37)23(25)2)35-42(39,40)27-15-13-26(41-6)14-16-27/h11-16,22,28-32,35-38H,2,7-10,17-21H2,1,3-6H3/b24-11+,25-12-/t22-,28-,29+,30-,31+,32-,34-/m1/s1. The minimum atomic E-state index is -3.97. The first-order valence-corrected chi connectivity index (χ1v) is 17.0. The molecule has 0 aliphatic heterocycles. The molecular formula is C34H51NO6S. The largest absolute Gasteiger partial charge is 0.497 e. The van der Waals surface area contributed by atoms with Gasteiger partial charge in [-0.15, -0.1) is 0 Å². The molecule has 234 valence electrons. The first-order chi connectivity index (χ1) is 19.7. The normalized spacial score (nSPS) is 33.1. The van der Waals surface area contributed by atoms with Gasteiger partial charge >= 0.3 is 0 Å². The topological polar surface area (TPSA) is 116 Å². The van der Waals surface area contributed by atoms with Crippen LogP contribution in [0.25, 0.3) is 0 Å². The molecule has 3 aliphatic rings. The summed E-state index contributed by atoms with van der Waals surface area (Å²) in [6.07, 6.45) is 10.9. The molecule has 7 atom stereocenters. The summed E-state index contributed by atoms with van der Waals surface area (Å²) < 4.78 is 33.6. The average Bonchev–Trinajstić information content (AvgIpc) is 3.29. The molecule has 1 aromatic rings. The molecule has 4 N–H and O–H groups in total. The van der Waals surface area contributed by atoms with E-state index in [4.69, 9.17) is 4.74 Å². The molecule has 8 heteroatoms. The van der Waals surface area contributed by atoms with Crippen molar-refractivity contribution in [1.29, 1.82) is 0 Å². The van der Waals surface area contributed by atoms with Gasteiger partial charge < -0.3 is 20.1 Å². The molecular weight excluding hydrogens is 550 g/mol. The lowest BCUT2D eigenvalue weighted by molar-refractivity contribution is 0.0537. The third-order valence-electron chi connectivity index (χ3n) is 10.3. The van der Waals surface area contributed by atoms with Crippen molar-refractivity contribution in [1.82, 2.24) is 4.72 Å². The summed E-state index contributed by atoms with van der Waals surface area (Å²) in [6.45, 7) is 12.7. The second-order valence-electron chi connectivity index (χ2n) is 13.8. The Bertz CT molecular complexity index is 1280. The van der Waals surface area contributed by atoms with Gasteiger partial charge in [-0.1, -0.05) is 51.0 Å². The Morgan fingerprint density at radius 3 is 2.52 bits per heavy atom. The van der Waals surface area contributed by atoms with Gasteiger partial charge in [-0.3, -0.25) is 0 Å². The minimum absolute atomic E-state index is 0.0288. The quantitative estimate of drug-likeness (QED) is 0.275. The van der Waals surface area contributed by atoms with Crippen LogP contribution in [0.3, 0.4) is 0 Å². The fourth-order valence-electron chi connectivity index (χ4n) is 7.90. The maximum absolute atomic E-state index is 13.0. The van der Waals surface area contributed by atoms with Gasteiger partial charge in [-0.25, -0.2) is 13.1 Å². The highest BCUT2D eigenvalue weighted by Gasteiger charge is 2.50. The summed E-state index contributed by atoms with van der Waals surface area (Å²) in [5, 5.41) is 32.1. The Balaban J connectivity index is 1.44. The summed E-state index contributed by atoms with van der Waals surface area (Å²) in [5.74, 6) is 2.32. The van der Waals surface area contributed by atoms with Gasteiger partial charge in [0.2, 0.25) is 10.0 Å². The van der Waals surface area contributed by atoms with E-state index in [-0.39, 0.29) is 16.7 Å². The van der Waals surface area contributed by atoms with Crippen molar-refractivity contribution in [2.24, 2.45) is 23.2 Å². The van der Waals surface area contributed by atoms with Crippen LogP contribution in [-0.4, -0.2) is 54.7 Å². The fraction of sp³-hybridized carbons (Fsp3) is 0.647. The van der Waals surface area contributed by atoms with E-state index in [9.17, 15) is 23.7 Å². The van der Waals surface area contributed by atoms with Crippen LogP contribution in [0.1, 0.15) is 85.5 Å². The zero-order valence-electron chi connectivity index (χ0n) is 26.0. The molecule has 7 nitrogen and oxygen atoms in total. The Labute approximate surface area is 252 Å². The second kappa shape index (κ2) is 12.9. The number of allylic oxidation sites excluding steroid dienone is 3. The molecule has 0 saturated heterocycles. The lowest BCUT2D eigenvalue weighted by Gasteiger charge is -2.44. The molecule has 1 aromatic carbocycles.